The molecule has 1 aromatic heterocycles. The van der Waals surface area contributed by atoms with Crippen molar-refractivity contribution in [1.29, 1.82) is 0 Å². The predicted molar refractivity (Wildman–Crippen MR) is 69.8 cm³/mol. The van der Waals surface area contributed by atoms with Crippen LogP contribution in [0.2, 0.25) is 0 Å². The van der Waals surface area contributed by atoms with E-state index in [1.165, 1.54) is 16.2 Å². The quantitative estimate of drug-likeness (QED) is 0.805. The minimum absolute atomic E-state index is 0.292. The molecule has 1 N–H and O–H groups in total. The second kappa shape index (κ2) is 5.13. The van der Waals surface area contributed by atoms with Gasteiger partial charge in [-0.05, 0) is 38.9 Å². The van der Waals surface area contributed by atoms with Gasteiger partial charge in [0.2, 0.25) is 0 Å². The standard InChI is InChI=1S/C13H23NS/c1-6-14-10(2)9-13(4,5)12-8-7-11(3)15-12/h7-8,10,14H,6,9H2,1-5H3. The molecule has 0 aliphatic rings. The van der Waals surface area contributed by atoms with Crippen LogP contribution in [0.5, 0.6) is 0 Å². The molecule has 0 bridgehead atoms. The van der Waals surface area contributed by atoms with Crippen LogP contribution in [0.1, 0.15) is 43.9 Å². The van der Waals surface area contributed by atoms with Gasteiger partial charge in [0.05, 0.1) is 0 Å². The lowest BCUT2D eigenvalue weighted by atomic mass is 9.84. The molecule has 86 valence electrons. The third-order valence-electron chi connectivity index (χ3n) is 2.78. The van der Waals surface area contributed by atoms with Gasteiger partial charge in [0.1, 0.15) is 0 Å². The molecule has 0 saturated heterocycles. The molecule has 0 fully saturated rings. The van der Waals surface area contributed by atoms with E-state index in [0.717, 1.165) is 6.54 Å². The highest BCUT2D eigenvalue weighted by Crippen LogP contribution is 2.33. The number of hydrogen-bond acceptors (Lipinski definition) is 2. The van der Waals surface area contributed by atoms with Crippen LogP contribution in [0, 0.1) is 6.92 Å². The maximum absolute atomic E-state index is 3.48. The lowest BCUT2D eigenvalue weighted by molar-refractivity contribution is 0.400. The van der Waals surface area contributed by atoms with Crippen molar-refractivity contribution in [1.82, 2.24) is 5.32 Å². The zero-order valence-corrected chi connectivity index (χ0v) is 11.4. The van der Waals surface area contributed by atoms with Crippen LogP contribution < -0.4 is 5.32 Å². The van der Waals surface area contributed by atoms with E-state index < -0.39 is 0 Å². The number of aryl methyl sites for hydroxylation is 1. The Bertz CT molecular complexity index is 301. The van der Waals surface area contributed by atoms with E-state index >= 15 is 0 Å². The molecule has 0 aliphatic heterocycles. The molecule has 1 unspecified atom stereocenters. The number of hydrogen-bond donors (Lipinski definition) is 1. The molecule has 0 radical (unpaired) electrons. The Labute approximate surface area is 97.9 Å². The Hall–Kier alpha value is -0.340. The summed E-state index contributed by atoms with van der Waals surface area (Å²) in [4.78, 5) is 2.92. The van der Waals surface area contributed by atoms with E-state index in [2.05, 4.69) is 52.1 Å². The SMILES string of the molecule is CCNC(C)CC(C)(C)c1ccc(C)s1. The molecule has 0 spiro atoms. The second-order valence-electron chi connectivity index (χ2n) is 4.96. The highest BCUT2D eigenvalue weighted by molar-refractivity contribution is 7.12. The van der Waals surface area contributed by atoms with Gasteiger partial charge < -0.3 is 5.32 Å². The summed E-state index contributed by atoms with van der Waals surface area (Å²) in [5.74, 6) is 0. The molecule has 1 nitrogen and oxygen atoms in total. The predicted octanol–water partition coefficient (Wildman–Crippen LogP) is 3.72. The van der Waals surface area contributed by atoms with Gasteiger partial charge in [-0.15, -0.1) is 11.3 Å². The normalized spacial score (nSPS) is 14.2. The van der Waals surface area contributed by atoms with Crippen molar-refractivity contribution in [3.05, 3.63) is 21.9 Å². The molecule has 1 aromatic rings. The zero-order valence-electron chi connectivity index (χ0n) is 10.6. The van der Waals surface area contributed by atoms with E-state index in [1.807, 2.05) is 11.3 Å². The summed E-state index contributed by atoms with van der Waals surface area (Å²) in [6.45, 7) is 12.3. The van der Waals surface area contributed by atoms with Gasteiger partial charge in [0, 0.05) is 21.2 Å². The maximum atomic E-state index is 3.48. The lowest BCUT2D eigenvalue weighted by Crippen LogP contribution is -2.32. The van der Waals surface area contributed by atoms with Crippen LogP contribution in [-0.4, -0.2) is 12.6 Å². The summed E-state index contributed by atoms with van der Waals surface area (Å²) in [6, 6.07) is 5.09. The second-order valence-corrected chi connectivity index (χ2v) is 6.24. The molecule has 1 atom stereocenters. The van der Waals surface area contributed by atoms with Crippen LogP contribution in [0.25, 0.3) is 0 Å². The molecule has 1 heterocycles. The van der Waals surface area contributed by atoms with Crippen LogP contribution >= 0.6 is 11.3 Å². The fourth-order valence-electron chi connectivity index (χ4n) is 2.08. The Kier molecular flexibility index (Phi) is 4.35. The number of rotatable bonds is 5. The first-order valence-electron chi connectivity index (χ1n) is 5.76. The molecule has 0 aromatic carbocycles. The highest BCUT2D eigenvalue weighted by Gasteiger charge is 2.24. The summed E-state index contributed by atoms with van der Waals surface area (Å²) >= 11 is 1.93. The molecular weight excluding hydrogens is 202 g/mol. The van der Waals surface area contributed by atoms with Gasteiger partial charge in [-0.2, -0.15) is 0 Å². The van der Waals surface area contributed by atoms with Crippen LogP contribution in [-0.2, 0) is 5.41 Å². The van der Waals surface area contributed by atoms with Gasteiger partial charge in [-0.3, -0.25) is 0 Å². The van der Waals surface area contributed by atoms with Gasteiger partial charge in [-0.25, -0.2) is 0 Å². The average Bonchev–Trinajstić information content (AvgIpc) is 2.51. The Morgan fingerprint density at radius 2 is 2.07 bits per heavy atom. The van der Waals surface area contributed by atoms with E-state index in [-0.39, 0.29) is 0 Å². The number of nitrogens with one attached hydrogen (secondary N) is 1. The van der Waals surface area contributed by atoms with Crippen molar-refractivity contribution in [2.24, 2.45) is 0 Å². The largest absolute Gasteiger partial charge is 0.314 e. The highest BCUT2D eigenvalue weighted by atomic mass is 32.1. The Morgan fingerprint density at radius 1 is 1.40 bits per heavy atom. The fourth-order valence-corrected chi connectivity index (χ4v) is 3.06. The first-order chi connectivity index (χ1) is 6.95. The van der Waals surface area contributed by atoms with Gasteiger partial charge in [0.15, 0.2) is 0 Å². The Morgan fingerprint density at radius 3 is 2.53 bits per heavy atom. The van der Waals surface area contributed by atoms with Gasteiger partial charge >= 0.3 is 0 Å². The summed E-state index contributed by atoms with van der Waals surface area (Å²) in [5.41, 5.74) is 0.292. The molecule has 0 aliphatic carbocycles. The molecule has 0 saturated carbocycles. The molecule has 0 amide bonds. The smallest absolute Gasteiger partial charge is 0.0105 e. The van der Waals surface area contributed by atoms with Crippen molar-refractivity contribution >= 4 is 11.3 Å². The van der Waals surface area contributed by atoms with Crippen LogP contribution in [0.3, 0.4) is 0 Å². The minimum Gasteiger partial charge on any atom is -0.314 e. The van der Waals surface area contributed by atoms with Gasteiger partial charge in [0.25, 0.3) is 0 Å². The zero-order chi connectivity index (χ0) is 11.5. The lowest BCUT2D eigenvalue weighted by Gasteiger charge is -2.27. The molecule has 1 rings (SSSR count). The first-order valence-corrected chi connectivity index (χ1v) is 6.57. The van der Waals surface area contributed by atoms with Crippen molar-refractivity contribution in [2.75, 3.05) is 6.54 Å². The minimum atomic E-state index is 0.292. The maximum Gasteiger partial charge on any atom is 0.0105 e. The van der Waals surface area contributed by atoms with Crippen molar-refractivity contribution in [2.45, 2.75) is 52.5 Å². The van der Waals surface area contributed by atoms with E-state index in [9.17, 15) is 0 Å². The third kappa shape index (κ3) is 3.62. The average molecular weight is 225 g/mol. The van der Waals surface area contributed by atoms with E-state index in [4.69, 9.17) is 0 Å². The molecule has 15 heavy (non-hydrogen) atoms. The van der Waals surface area contributed by atoms with E-state index in [1.54, 1.807) is 0 Å². The summed E-state index contributed by atoms with van der Waals surface area (Å²) in [6.07, 6.45) is 1.20. The molecule has 2 heteroatoms. The molecular formula is C13H23NS. The Balaban J connectivity index is 2.66. The topological polar surface area (TPSA) is 12.0 Å². The summed E-state index contributed by atoms with van der Waals surface area (Å²) in [5, 5.41) is 3.48. The monoisotopic (exact) mass is 225 g/mol. The van der Waals surface area contributed by atoms with Crippen molar-refractivity contribution in [3.8, 4) is 0 Å². The fraction of sp³-hybridized carbons (Fsp3) is 0.692. The summed E-state index contributed by atoms with van der Waals surface area (Å²) in [7, 11) is 0. The van der Waals surface area contributed by atoms with Crippen molar-refractivity contribution in [3.63, 3.8) is 0 Å². The van der Waals surface area contributed by atoms with Gasteiger partial charge in [-0.1, -0.05) is 20.8 Å². The van der Waals surface area contributed by atoms with Crippen molar-refractivity contribution < 1.29 is 0 Å². The first kappa shape index (κ1) is 12.7. The van der Waals surface area contributed by atoms with Crippen LogP contribution in [0.4, 0.5) is 0 Å². The third-order valence-corrected chi connectivity index (χ3v) is 4.14. The number of thiophene rings is 1. The summed E-state index contributed by atoms with van der Waals surface area (Å²) < 4.78 is 0. The van der Waals surface area contributed by atoms with E-state index in [0.29, 0.717) is 11.5 Å². The van der Waals surface area contributed by atoms with Crippen LogP contribution in [0.15, 0.2) is 12.1 Å².